The number of carbonyl (C=O) groups excluding carboxylic acids is 1. The maximum absolute atomic E-state index is 12.5. The minimum Gasteiger partial charge on any atom is -0.272 e. The molecule has 0 unspecified atom stereocenters. The molecule has 156 valence electrons. The lowest BCUT2D eigenvalue weighted by Crippen LogP contribution is -2.18. The van der Waals surface area contributed by atoms with Crippen LogP contribution in [0.1, 0.15) is 39.9 Å². The molecule has 7 nitrogen and oxygen atoms in total. The molecule has 0 saturated heterocycles. The predicted molar refractivity (Wildman–Crippen MR) is 121 cm³/mol. The second kappa shape index (κ2) is 8.79. The zero-order chi connectivity index (χ0) is 21.8. The summed E-state index contributed by atoms with van der Waals surface area (Å²) in [7, 11) is 0. The van der Waals surface area contributed by atoms with Crippen LogP contribution in [0.25, 0.3) is 16.9 Å². The lowest BCUT2D eigenvalue weighted by Gasteiger charge is -2.04. The van der Waals surface area contributed by atoms with Crippen molar-refractivity contribution >= 4 is 12.1 Å². The summed E-state index contributed by atoms with van der Waals surface area (Å²) in [6.45, 7) is 6.03. The summed E-state index contributed by atoms with van der Waals surface area (Å²) in [4.78, 5) is 12.5. The monoisotopic (exact) mass is 412 g/mol. The molecular weight excluding hydrogens is 388 g/mol. The lowest BCUT2D eigenvalue weighted by atomic mass is 10.1. The van der Waals surface area contributed by atoms with Crippen molar-refractivity contribution in [3.8, 4) is 16.9 Å². The van der Waals surface area contributed by atoms with Crippen LogP contribution in [0.4, 0.5) is 0 Å². The van der Waals surface area contributed by atoms with Crippen LogP contribution in [0.15, 0.2) is 65.8 Å². The van der Waals surface area contributed by atoms with Crippen molar-refractivity contribution in [1.29, 1.82) is 0 Å². The quantitative estimate of drug-likeness (QED) is 0.367. The molecule has 0 bridgehead atoms. The molecule has 31 heavy (non-hydrogen) atoms. The van der Waals surface area contributed by atoms with Gasteiger partial charge in [-0.1, -0.05) is 49.4 Å². The molecule has 0 aliphatic carbocycles. The van der Waals surface area contributed by atoms with Gasteiger partial charge in [-0.25, -0.2) is 10.1 Å². The standard InChI is InChI=1S/C24H24N6O/c1-4-18-10-12-19(13-11-18)15-25-28-24(31)22-14-21(26-27-22)23-16(2)29-30(17(23)3)20-8-6-5-7-9-20/h5-15H,4H2,1-3H3,(H,26,27)(H,28,31)/b25-15-. The number of aromatic nitrogens is 4. The van der Waals surface area contributed by atoms with E-state index in [1.807, 2.05) is 73.1 Å². The fourth-order valence-corrected chi connectivity index (χ4v) is 3.47. The van der Waals surface area contributed by atoms with Gasteiger partial charge in [0.05, 0.1) is 29.0 Å². The second-order valence-corrected chi connectivity index (χ2v) is 7.25. The number of hydrogen-bond donors (Lipinski definition) is 2. The maximum atomic E-state index is 12.5. The van der Waals surface area contributed by atoms with Crippen LogP contribution in [0.5, 0.6) is 0 Å². The molecule has 0 atom stereocenters. The number of H-pyrrole nitrogens is 1. The van der Waals surface area contributed by atoms with E-state index in [9.17, 15) is 4.79 Å². The number of hydrogen-bond acceptors (Lipinski definition) is 4. The Bertz CT molecular complexity index is 1220. The molecule has 7 heteroatoms. The summed E-state index contributed by atoms with van der Waals surface area (Å²) >= 11 is 0. The third kappa shape index (κ3) is 4.30. The first-order valence-electron chi connectivity index (χ1n) is 10.2. The molecule has 2 aromatic carbocycles. The van der Waals surface area contributed by atoms with Gasteiger partial charge < -0.3 is 0 Å². The average Bonchev–Trinajstić information content (AvgIpc) is 3.39. The van der Waals surface area contributed by atoms with E-state index in [4.69, 9.17) is 0 Å². The Hall–Kier alpha value is -4.00. The van der Waals surface area contributed by atoms with Gasteiger partial charge in [0.15, 0.2) is 0 Å². The fourth-order valence-electron chi connectivity index (χ4n) is 3.47. The van der Waals surface area contributed by atoms with E-state index < -0.39 is 0 Å². The fraction of sp³-hybridized carbons (Fsp3) is 0.167. The maximum Gasteiger partial charge on any atom is 0.289 e. The van der Waals surface area contributed by atoms with Gasteiger partial charge in [0.2, 0.25) is 0 Å². The van der Waals surface area contributed by atoms with Gasteiger partial charge in [-0.15, -0.1) is 0 Å². The first-order chi connectivity index (χ1) is 15.1. The predicted octanol–water partition coefficient (Wildman–Crippen LogP) is 4.21. The van der Waals surface area contributed by atoms with E-state index >= 15 is 0 Å². The highest BCUT2D eigenvalue weighted by Gasteiger charge is 2.18. The molecule has 0 fully saturated rings. The van der Waals surface area contributed by atoms with Gasteiger partial charge in [-0.2, -0.15) is 15.3 Å². The normalized spacial score (nSPS) is 11.2. The average molecular weight is 412 g/mol. The highest BCUT2D eigenvalue weighted by Crippen LogP contribution is 2.27. The van der Waals surface area contributed by atoms with Crippen molar-refractivity contribution < 1.29 is 4.79 Å². The van der Waals surface area contributed by atoms with Gasteiger partial charge in [-0.3, -0.25) is 9.89 Å². The van der Waals surface area contributed by atoms with E-state index in [1.54, 1.807) is 12.3 Å². The Morgan fingerprint density at radius 1 is 1.13 bits per heavy atom. The molecule has 0 radical (unpaired) electrons. The Morgan fingerprint density at radius 2 is 1.87 bits per heavy atom. The van der Waals surface area contributed by atoms with Crippen molar-refractivity contribution in [2.24, 2.45) is 5.10 Å². The summed E-state index contributed by atoms with van der Waals surface area (Å²) in [5, 5.41) is 15.8. The van der Waals surface area contributed by atoms with Gasteiger partial charge in [-0.05, 0) is 49.6 Å². The summed E-state index contributed by atoms with van der Waals surface area (Å²) < 4.78 is 1.88. The third-order valence-corrected chi connectivity index (χ3v) is 5.14. The van der Waals surface area contributed by atoms with Crippen LogP contribution >= 0.6 is 0 Å². The van der Waals surface area contributed by atoms with E-state index in [-0.39, 0.29) is 5.91 Å². The molecule has 0 spiro atoms. The molecule has 4 aromatic rings. The van der Waals surface area contributed by atoms with Crippen molar-refractivity contribution in [3.63, 3.8) is 0 Å². The minimum absolute atomic E-state index is 0.333. The van der Waals surface area contributed by atoms with Crippen molar-refractivity contribution in [2.75, 3.05) is 0 Å². The largest absolute Gasteiger partial charge is 0.289 e. The van der Waals surface area contributed by atoms with Gasteiger partial charge in [0, 0.05) is 5.56 Å². The van der Waals surface area contributed by atoms with Gasteiger partial charge in [0.1, 0.15) is 5.69 Å². The first kappa shape index (κ1) is 20.3. The van der Waals surface area contributed by atoms with E-state index in [1.165, 1.54) is 5.56 Å². The summed E-state index contributed by atoms with van der Waals surface area (Å²) in [5.41, 5.74) is 9.39. The number of nitrogens with one attached hydrogen (secondary N) is 2. The van der Waals surface area contributed by atoms with Crippen LogP contribution in [0, 0.1) is 13.8 Å². The van der Waals surface area contributed by atoms with Crippen LogP contribution in [-0.2, 0) is 6.42 Å². The topological polar surface area (TPSA) is 88.0 Å². The Morgan fingerprint density at radius 3 is 2.58 bits per heavy atom. The van der Waals surface area contributed by atoms with E-state index in [0.717, 1.165) is 34.6 Å². The van der Waals surface area contributed by atoms with E-state index in [2.05, 4.69) is 32.7 Å². The number of nitrogens with zero attached hydrogens (tertiary/aromatic N) is 4. The second-order valence-electron chi connectivity index (χ2n) is 7.25. The number of rotatable bonds is 6. The van der Waals surface area contributed by atoms with E-state index in [0.29, 0.717) is 11.4 Å². The van der Waals surface area contributed by atoms with Crippen LogP contribution < -0.4 is 5.43 Å². The Labute approximate surface area is 180 Å². The van der Waals surface area contributed by atoms with Crippen LogP contribution in [-0.4, -0.2) is 32.1 Å². The highest BCUT2D eigenvalue weighted by atomic mass is 16.2. The SMILES string of the molecule is CCc1ccc(/C=N\NC(=O)c2cc(-c3c(C)nn(-c4ccccc4)c3C)n[nH]2)cc1. The molecule has 0 aliphatic heterocycles. The zero-order valence-corrected chi connectivity index (χ0v) is 17.8. The Balaban J connectivity index is 1.50. The third-order valence-electron chi connectivity index (χ3n) is 5.14. The van der Waals surface area contributed by atoms with Crippen molar-refractivity contribution in [3.05, 3.63) is 88.9 Å². The van der Waals surface area contributed by atoms with Crippen molar-refractivity contribution in [2.45, 2.75) is 27.2 Å². The number of aromatic amines is 1. The zero-order valence-electron chi connectivity index (χ0n) is 17.8. The molecule has 0 saturated carbocycles. The molecule has 2 N–H and O–H groups in total. The molecule has 4 rings (SSSR count). The van der Waals surface area contributed by atoms with Gasteiger partial charge in [0.25, 0.3) is 5.91 Å². The lowest BCUT2D eigenvalue weighted by molar-refractivity contribution is 0.0950. The number of hydrazone groups is 1. The first-order valence-corrected chi connectivity index (χ1v) is 10.2. The molecule has 2 aromatic heterocycles. The van der Waals surface area contributed by atoms with Crippen LogP contribution in [0.2, 0.25) is 0 Å². The Kier molecular flexibility index (Phi) is 5.75. The minimum atomic E-state index is -0.356. The number of aryl methyl sites for hydroxylation is 2. The molecule has 0 aliphatic rings. The molecular formula is C24H24N6O. The van der Waals surface area contributed by atoms with Crippen LogP contribution in [0.3, 0.4) is 0 Å². The molecule has 2 heterocycles. The molecule has 1 amide bonds. The summed E-state index contributed by atoms with van der Waals surface area (Å²) in [6, 6.07) is 19.7. The number of amides is 1. The highest BCUT2D eigenvalue weighted by molar-refractivity contribution is 5.94. The smallest absolute Gasteiger partial charge is 0.272 e. The summed E-state index contributed by atoms with van der Waals surface area (Å²) in [6.07, 6.45) is 2.60. The van der Waals surface area contributed by atoms with Gasteiger partial charge >= 0.3 is 0 Å². The van der Waals surface area contributed by atoms with Crippen molar-refractivity contribution in [1.82, 2.24) is 25.4 Å². The number of carbonyl (C=O) groups is 1. The number of benzene rings is 2. The summed E-state index contributed by atoms with van der Waals surface area (Å²) in [5.74, 6) is -0.356. The number of para-hydroxylation sites is 1.